The number of carbonyl (C=O) groups is 4. The van der Waals surface area contributed by atoms with Crippen molar-refractivity contribution in [2.45, 2.75) is 32.9 Å². The second-order valence-corrected chi connectivity index (χ2v) is 10.6. The van der Waals surface area contributed by atoms with Gasteiger partial charge < -0.3 is 20.9 Å². The standard InChI is InChI=1S/C21H24N2O5.C8H6N2OS/c1-21(2,3)28-20(27)22-13-15-8-7-9-16(12-15)19(26)23(14-18(24)25)17-10-5-4-6-11-17;9-7(11)8-10-5-3-1-2-4-6(5)12-8/h4-12H,13-14H2,1-3H3,(H,22,27)(H,24,25);1-4H,(H2,9,11). The van der Waals surface area contributed by atoms with Crippen LogP contribution in [0.2, 0.25) is 0 Å². The second-order valence-electron chi connectivity index (χ2n) is 9.53. The van der Waals surface area contributed by atoms with Gasteiger partial charge in [0.05, 0.1) is 10.2 Å². The van der Waals surface area contributed by atoms with E-state index in [2.05, 4.69) is 10.3 Å². The maximum Gasteiger partial charge on any atom is 0.407 e. The van der Waals surface area contributed by atoms with Gasteiger partial charge in [-0.15, -0.1) is 11.3 Å². The van der Waals surface area contributed by atoms with Crippen LogP contribution in [0.5, 0.6) is 0 Å². The van der Waals surface area contributed by atoms with Crippen molar-refractivity contribution in [2.75, 3.05) is 11.4 Å². The molecule has 3 amide bonds. The number of anilines is 1. The molecule has 4 aromatic rings. The third-order valence-corrected chi connectivity index (χ3v) is 6.17. The van der Waals surface area contributed by atoms with Gasteiger partial charge in [0.1, 0.15) is 12.1 Å². The minimum Gasteiger partial charge on any atom is -0.480 e. The van der Waals surface area contributed by atoms with E-state index in [4.69, 9.17) is 10.5 Å². The van der Waals surface area contributed by atoms with Crippen LogP contribution >= 0.6 is 11.3 Å². The van der Waals surface area contributed by atoms with Gasteiger partial charge in [-0.2, -0.15) is 0 Å². The van der Waals surface area contributed by atoms with Crippen LogP contribution in [0.4, 0.5) is 10.5 Å². The molecule has 1 heterocycles. The van der Waals surface area contributed by atoms with Crippen LogP contribution in [0.15, 0.2) is 78.9 Å². The lowest BCUT2D eigenvalue weighted by molar-refractivity contribution is -0.135. The largest absolute Gasteiger partial charge is 0.480 e. The van der Waals surface area contributed by atoms with Gasteiger partial charge in [0.2, 0.25) is 0 Å². The highest BCUT2D eigenvalue weighted by atomic mass is 32.1. The van der Waals surface area contributed by atoms with Crippen LogP contribution in [0.25, 0.3) is 10.2 Å². The maximum absolute atomic E-state index is 12.9. The van der Waals surface area contributed by atoms with E-state index in [9.17, 15) is 24.3 Å². The number of thiazole rings is 1. The molecule has 11 heteroatoms. The van der Waals surface area contributed by atoms with Crippen LogP contribution in [-0.4, -0.2) is 46.1 Å². The van der Waals surface area contributed by atoms with Gasteiger partial charge in [0, 0.05) is 17.8 Å². The molecule has 0 fully saturated rings. The molecule has 40 heavy (non-hydrogen) atoms. The van der Waals surface area contributed by atoms with Gasteiger partial charge in [-0.1, -0.05) is 42.5 Å². The molecule has 0 saturated carbocycles. The van der Waals surface area contributed by atoms with Gasteiger partial charge in [-0.3, -0.25) is 19.3 Å². The molecule has 0 aliphatic carbocycles. The number of benzene rings is 3. The summed E-state index contributed by atoms with van der Waals surface area (Å²) in [4.78, 5) is 51.9. The Hall–Kier alpha value is -4.77. The topological polar surface area (TPSA) is 152 Å². The van der Waals surface area contributed by atoms with Crippen molar-refractivity contribution in [3.8, 4) is 0 Å². The number of ether oxygens (including phenoxy) is 1. The number of para-hydroxylation sites is 2. The highest BCUT2D eigenvalue weighted by Gasteiger charge is 2.21. The highest BCUT2D eigenvalue weighted by molar-refractivity contribution is 7.20. The summed E-state index contributed by atoms with van der Waals surface area (Å²) in [6.45, 7) is 5.04. The number of hydrogen-bond donors (Lipinski definition) is 3. The van der Waals surface area contributed by atoms with Crippen LogP contribution < -0.4 is 16.0 Å². The molecule has 4 rings (SSSR count). The van der Waals surface area contributed by atoms with Crippen LogP contribution in [0.1, 0.15) is 46.5 Å². The van der Waals surface area contributed by atoms with Crippen LogP contribution in [-0.2, 0) is 16.1 Å². The minimum atomic E-state index is -1.11. The monoisotopic (exact) mass is 562 g/mol. The van der Waals surface area contributed by atoms with Crippen molar-refractivity contribution in [3.05, 3.63) is 95.0 Å². The number of alkyl carbamates (subject to hydrolysis) is 1. The zero-order valence-corrected chi connectivity index (χ0v) is 23.1. The summed E-state index contributed by atoms with van der Waals surface area (Å²) in [6.07, 6.45) is -0.555. The Kier molecular flexibility index (Phi) is 9.93. The molecule has 10 nitrogen and oxygen atoms in total. The molecule has 3 aromatic carbocycles. The number of fused-ring (bicyclic) bond motifs is 1. The van der Waals surface area contributed by atoms with Crippen molar-refractivity contribution in [1.29, 1.82) is 0 Å². The lowest BCUT2D eigenvalue weighted by Gasteiger charge is -2.21. The van der Waals surface area contributed by atoms with Gasteiger partial charge in [0.25, 0.3) is 11.8 Å². The molecule has 4 N–H and O–H groups in total. The number of aliphatic carboxylic acids is 1. The molecular formula is C29H30N4O6S. The third kappa shape index (κ3) is 8.91. The first-order valence-electron chi connectivity index (χ1n) is 12.2. The Balaban J connectivity index is 0.000000302. The number of nitrogens with one attached hydrogen (secondary N) is 1. The van der Waals surface area contributed by atoms with E-state index < -0.39 is 36.0 Å². The second kappa shape index (κ2) is 13.3. The average Bonchev–Trinajstić information content (AvgIpc) is 3.35. The van der Waals surface area contributed by atoms with Crippen molar-refractivity contribution in [1.82, 2.24) is 10.3 Å². The number of carbonyl (C=O) groups excluding carboxylic acids is 3. The first-order chi connectivity index (χ1) is 18.9. The highest BCUT2D eigenvalue weighted by Crippen LogP contribution is 2.21. The van der Waals surface area contributed by atoms with Crippen molar-refractivity contribution in [2.24, 2.45) is 5.73 Å². The number of rotatable bonds is 7. The molecule has 208 valence electrons. The fourth-order valence-electron chi connectivity index (χ4n) is 3.46. The number of nitrogens with zero attached hydrogens (tertiary/aromatic N) is 2. The molecule has 0 unspecified atom stereocenters. The Morgan fingerprint density at radius 1 is 0.975 bits per heavy atom. The number of amides is 3. The van der Waals surface area contributed by atoms with E-state index in [1.54, 1.807) is 75.4 Å². The summed E-state index contributed by atoms with van der Waals surface area (Å²) in [7, 11) is 0. The molecular weight excluding hydrogens is 532 g/mol. The van der Waals surface area contributed by atoms with Gasteiger partial charge in [-0.05, 0) is 62.7 Å². The zero-order chi connectivity index (χ0) is 29.3. The number of primary amides is 1. The fraction of sp³-hybridized carbons (Fsp3) is 0.207. The minimum absolute atomic E-state index is 0.181. The Morgan fingerprint density at radius 3 is 2.27 bits per heavy atom. The molecule has 0 saturated heterocycles. The number of carboxylic acid groups (broad SMARTS) is 1. The van der Waals surface area contributed by atoms with E-state index in [1.165, 1.54) is 16.2 Å². The van der Waals surface area contributed by atoms with Crippen molar-refractivity contribution < 1.29 is 29.0 Å². The normalized spacial score (nSPS) is 10.7. The molecule has 0 bridgehead atoms. The van der Waals surface area contributed by atoms with E-state index in [0.29, 0.717) is 21.8 Å². The van der Waals surface area contributed by atoms with E-state index in [1.807, 2.05) is 24.3 Å². The van der Waals surface area contributed by atoms with Crippen molar-refractivity contribution >= 4 is 51.1 Å². The van der Waals surface area contributed by atoms with Gasteiger partial charge in [-0.25, -0.2) is 9.78 Å². The predicted molar refractivity (Wildman–Crippen MR) is 153 cm³/mol. The van der Waals surface area contributed by atoms with E-state index >= 15 is 0 Å². The Morgan fingerprint density at radius 2 is 1.65 bits per heavy atom. The van der Waals surface area contributed by atoms with Crippen molar-refractivity contribution in [3.63, 3.8) is 0 Å². The molecule has 0 aliphatic heterocycles. The number of nitrogens with two attached hydrogens (primary N) is 1. The summed E-state index contributed by atoms with van der Waals surface area (Å²) in [5.41, 5.74) is 6.83. The first-order valence-corrected chi connectivity index (χ1v) is 13.0. The summed E-state index contributed by atoms with van der Waals surface area (Å²) in [5.74, 6) is -2.01. The lowest BCUT2D eigenvalue weighted by atomic mass is 10.1. The van der Waals surface area contributed by atoms with E-state index in [-0.39, 0.29) is 6.54 Å². The summed E-state index contributed by atoms with van der Waals surface area (Å²) in [6, 6.07) is 22.8. The Bertz CT molecular complexity index is 1460. The summed E-state index contributed by atoms with van der Waals surface area (Å²) in [5, 5.41) is 12.2. The Labute approximate surface area is 235 Å². The average molecular weight is 563 g/mol. The van der Waals surface area contributed by atoms with Crippen LogP contribution in [0.3, 0.4) is 0 Å². The summed E-state index contributed by atoms with van der Waals surface area (Å²) < 4.78 is 6.18. The number of aromatic nitrogens is 1. The molecule has 0 spiro atoms. The zero-order valence-electron chi connectivity index (χ0n) is 22.3. The molecule has 0 atom stereocenters. The third-order valence-electron chi connectivity index (χ3n) is 5.12. The van der Waals surface area contributed by atoms with Gasteiger partial charge in [0.15, 0.2) is 5.01 Å². The summed E-state index contributed by atoms with van der Waals surface area (Å²) >= 11 is 1.32. The predicted octanol–water partition coefficient (Wildman–Crippen LogP) is 4.84. The SMILES string of the molecule is CC(C)(C)OC(=O)NCc1cccc(C(=O)N(CC(=O)O)c2ccccc2)c1.NC(=O)c1nc2ccccc2s1. The van der Waals surface area contributed by atoms with Crippen LogP contribution in [0, 0.1) is 0 Å². The maximum atomic E-state index is 12.9. The molecule has 0 radical (unpaired) electrons. The first kappa shape index (κ1) is 29.8. The van der Waals surface area contributed by atoms with Gasteiger partial charge >= 0.3 is 12.1 Å². The molecule has 0 aliphatic rings. The molecule has 1 aromatic heterocycles. The fourth-order valence-corrected chi connectivity index (χ4v) is 4.28. The quantitative estimate of drug-likeness (QED) is 0.291. The smallest absolute Gasteiger partial charge is 0.407 e. The van der Waals surface area contributed by atoms with E-state index in [0.717, 1.165) is 10.2 Å². The number of hydrogen-bond acceptors (Lipinski definition) is 7. The lowest BCUT2D eigenvalue weighted by Crippen LogP contribution is -2.36. The number of carboxylic acids is 1.